The molecule has 0 spiro atoms. The van der Waals surface area contributed by atoms with Crippen LogP contribution in [0.1, 0.15) is 39.0 Å². The minimum Gasteiger partial charge on any atom is -0.462 e. The normalized spacial score (nSPS) is 27.5. The maximum atomic E-state index is 12.3. The molecular formula is C10H15F3O2. The predicted molar refractivity (Wildman–Crippen MR) is 48.2 cm³/mol. The number of carbonyl (C=O) groups excluding carboxylic acids is 1. The molecule has 0 amide bonds. The van der Waals surface area contributed by atoms with Gasteiger partial charge in [0.25, 0.3) is 0 Å². The Balaban J connectivity index is 2.33. The van der Waals surface area contributed by atoms with Crippen molar-refractivity contribution in [3.05, 3.63) is 0 Å². The molecule has 0 aromatic rings. The van der Waals surface area contributed by atoms with Crippen LogP contribution in [0.15, 0.2) is 0 Å². The molecule has 1 saturated carbocycles. The van der Waals surface area contributed by atoms with Crippen LogP contribution in [-0.4, -0.2) is 18.2 Å². The maximum Gasteiger partial charge on any atom is 0.391 e. The van der Waals surface area contributed by atoms with E-state index in [4.69, 9.17) is 4.74 Å². The SMILES string of the molecule is CCC(=O)OC1CCC(C(F)(F)F)CC1. The number of carbonyl (C=O) groups is 1. The Morgan fingerprint density at radius 2 is 1.80 bits per heavy atom. The van der Waals surface area contributed by atoms with Crippen LogP contribution in [0.4, 0.5) is 13.2 Å². The number of rotatable bonds is 2. The molecule has 88 valence electrons. The van der Waals surface area contributed by atoms with E-state index in [-0.39, 0.29) is 31.3 Å². The van der Waals surface area contributed by atoms with Crippen LogP contribution < -0.4 is 0 Å². The van der Waals surface area contributed by atoms with Gasteiger partial charge in [-0.25, -0.2) is 0 Å². The van der Waals surface area contributed by atoms with Gasteiger partial charge in [0.1, 0.15) is 6.10 Å². The lowest BCUT2D eigenvalue weighted by Gasteiger charge is -2.29. The van der Waals surface area contributed by atoms with E-state index in [0.29, 0.717) is 12.8 Å². The number of hydrogen-bond acceptors (Lipinski definition) is 2. The van der Waals surface area contributed by atoms with E-state index >= 15 is 0 Å². The number of esters is 1. The third kappa shape index (κ3) is 3.72. The first-order valence-electron chi connectivity index (χ1n) is 5.19. The Bertz CT molecular complexity index is 217. The Morgan fingerprint density at radius 1 is 1.27 bits per heavy atom. The predicted octanol–water partition coefficient (Wildman–Crippen LogP) is 3.06. The summed E-state index contributed by atoms with van der Waals surface area (Å²) in [4.78, 5) is 10.9. The van der Waals surface area contributed by atoms with Crippen molar-refractivity contribution in [1.82, 2.24) is 0 Å². The van der Waals surface area contributed by atoms with Crippen molar-refractivity contribution in [3.63, 3.8) is 0 Å². The van der Waals surface area contributed by atoms with Gasteiger partial charge in [0.15, 0.2) is 0 Å². The van der Waals surface area contributed by atoms with Crippen LogP contribution in [0.2, 0.25) is 0 Å². The molecule has 5 heteroatoms. The third-order valence-corrected chi connectivity index (χ3v) is 2.72. The highest BCUT2D eigenvalue weighted by molar-refractivity contribution is 5.69. The standard InChI is InChI=1S/C10H15F3O2/c1-2-9(14)15-8-5-3-7(4-6-8)10(11,12)13/h7-8H,2-6H2,1H3. The van der Waals surface area contributed by atoms with Crippen LogP contribution >= 0.6 is 0 Å². The van der Waals surface area contributed by atoms with Crippen molar-refractivity contribution in [2.24, 2.45) is 5.92 Å². The number of halogens is 3. The summed E-state index contributed by atoms with van der Waals surface area (Å²) in [5.41, 5.74) is 0. The highest BCUT2D eigenvalue weighted by atomic mass is 19.4. The van der Waals surface area contributed by atoms with Crippen molar-refractivity contribution < 1.29 is 22.7 Å². The topological polar surface area (TPSA) is 26.3 Å². The second-order valence-electron chi connectivity index (χ2n) is 3.86. The zero-order valence-electron chi connectivity index (χ0n) is 8.64. The molecule has 1 aliphatic rings. The van der Waals surface area contributed by atoms with Crippen molar-refractivity contribution in [3.8, 4) is 0 Å². The Labute approximate surface area is 86.8 Å². The monoisotopic (exact) mass is 224 g/mol. The van der Waals surface area contributed by atoms with E-state index in [1.165, 1.54) is 0 Å². The van der Waals surface area contributed by atoms with Crippen LogP contribution in [-0.2, 0) is 9.53 Å². The fourth-order valence-corrected chi connectivity index (χ4v) is 1.78. The zero-order valence-corrected chi connectivity index (χ0v) is 8.64. The maximum absolute atomic E-state index is 12.3. The average molecular weight is 224 g/mol. The van der Waals surface area contributed by atoms with E-state index in [1.54, 1.807) is 6.92 Å². The van der Waals surface area contributed by atoms with Gasteiger partial charge < -0.3 is 4.74 Å². The number of hydrogen-bond donors (Lipinski definition) is 0. The van der Waals surface area contributed by atoms with Crippen LogP contribution in [0.3, 0.4) is 0 Å². The van der Waals surface area contributed by atoms with Crippen LogP contribution in [0.5, 0.6) is 0 Å². The summed E-state index contributed by atoms with van der Waals surface area (Å²) < 4.78 is 41.9. The van der Waals surface area contributed by atoms with Gasteiger partial charge in [-0.1, -0.05) is 6.92 Å². The molecular weight excluding hydrogens is 209 g/mol. The molecule has 1 rings (SSSR count). The van der Waals surface area contributed by atoms with E-state index in [1.807, 2.05) is 0 Å². The molecule has 0 aliphatic heterocycles. The van der Waals surface area contributed by atoms with E-state index in [0.717, 1.165) is 0 Å². The van der Waals surface area contributed by atoms with Gasteiger partial charge in [0.2, 0.25) is 0 Å². The van der Waals surface area contributed by atoms with Crippen molar-refractivity contribution in [2.75, 3.05) is 0 Å². The third-order valence-electron chi connectivity index (χ3n) is 2.72. The summed E-state index contributed by atoms with van der Waals surface area (Å²) in [6.07, 6.45) is -3.32. The summed E-state index contributed by atoms with van der Waals surface area (Å²) in [6.45, 7) is 1.67. The molecule has 1 fully saturated rings. The molecule has 0 unspecified atom stereocenters. The number of alkyl halides is 3. The van der Waals surface area contributed by atoms with Crippen molar-refractivity contribution in [2.45, 2.75) is 51.3 Å². The summed E-state index contributed by atoms with van der Waals surface area (Å²) >= 11 is 0. The average Bonchev–Trinajstić information content (AvgIpc) is 2.17. The highest BCUT2D eigenvalue weighted by Crippen LogP contribution is 2.38. The lowest BCUT2D eigenvalue weighted by Crippen LogP contribution is -2.31. The van der Waals surface area contributed by atoms with Gasteiger partial charge in [-0.15, -0.1) is 0 Å². The minimum atomic E-state index is -4.10. The van der Waals surface area contributed by atoms with Crippen molar-refractivity contribution in [1.29, 1.82) is 0 Å². The largest absolute Gasteiger partial charge is 0.462 e. The van der Waals surface area contributed by atoms with Crippen LogP contribution in [0, 0.1) is 5.92 Å². The van der Waals surface area contributed by atoms with Crippen molar-refractivity contribution >= 4 is 5.97 Å². The van der Waals surface area contributed by atoms with E-state index < -0.39 is 12.1 Å². The van der Waals surface area contributed by atoms with Gasteiger partial charge in [-0.3, -0.25) is 4.79 Å². The summed E-state index contributed by atoms with van der Waals surface area (Å²) in [5.74, 6) is -1.54. The molecule has 0 aromatic carbocycles. The first kappa shape index (κ1) is 12.3. The number of ether oxygens (including phenoxy) is 1. The molecule has 0 radical (unpaired) electrons. The van der Waals surface area contributed by atoms with E-state index in [9.17, 15) is 18.0 Å². The molecule has 0 bridgehead atoms. The fourth-order valence-electron chi connectivity index (χ4n) is 1.78. The first-order valence-corrected chi connectivity index (χ1v) is 5.19. The van der Waals surface area contributed by atoms with Gasteiger partial charge >= 0.3 is 12.1 Å². The lowest BCUT2D eigenvalue weighted by molar-refractivity contribution is -0.188. The molecule has 0 heterocycles. The second-order valence-corrected chi connectivity index (χ2v) is 3.86. The molecule has 0 saturated heterocycles. The zero-order chi connectivity index (χ0) is 11.5. The smallest absolute Gasteiger partial charge is 0.391 e. The molecule has 0 aromatic heterocycles. The molecule has 1 aliphatic carbocycles. The quantitative estimate of drug-likeness (QED) is 0.674. The Kier molecular flexibility index (Phi) is 3.99. The molecule has 0 atom stereocenters. The van der Waals surface area contributed by atoms with Gasteiger partial charge in [-0.05, 0) is 25.7 Å². The minimum absolute atomic E-state index is 0.0746. The van der Waals surface area contributed by atoms with E-state index in [2.05, 4.69) is 0 Å². The Hall–Kier alpha value is -0.740. The molecule has 0 N–H and O–H groups in total. The summed E-state index contributed by atoms with van der Waals surface area (Å²) in [6, 6.07) is 0. The fraction of sp³-hybridized carbons (Fsp3) is 0.900. The summed E-state index contributed by atoms with van der Waals surface area (Å²) in [5, 5.41) is 0. The first-order chi connectivity index (χ1) is 6.93. The van der Waals surface area contributed by atoms with Gasteiger partial charge in [0.05, 0.1) is 5.92 Å². The van der Waals surface area contributed by atoms with Crippen LogP contribution in [0.25, 0.3) is 0 Å². The Morgan fingerprint density at radius 3 is 2.20 bits per heavy atom. The molecule has 2 nitrogen and oxygen atoms in total. The molecule has 15 heavy (non-hydrogen) atoms. The van der Waals surface area contributed by atoms with Gasteiger partial charge in [-0.2, -0.15) is 13.2 Å². The second kappa shape index (κ2) is 4.86. The highest BCUT2D eigenvalue weighted by Gasteiger charge is 2.41. The van der Waals surface area contributed by atoms with Gasteiger partial charge in [0, 0.05) is 6.42 Å². The summed E-state index contributed by atoms with van der Waals surface area (Å²) in [7, 11) is 0. The lowest BCUT2D eigenvalue weighted by atomic mass is 9.87.